The van der Waals surface area contributed by atoms with Gasteiger partial charge < -0.3 is 14.1 Å². The van der Waals surface area contributed by atoms with Gasteiger partial charge in [-0.3, -0.25) is 9.69 Å². The molecule has 1 amide bonds. The molecule has 25 heavy (non-hydrogen) atoms. The Morgan fingerprint density at radius 3 is 2.52 bits per heavy atom. The number of methoxy groups -OCH3 is 1. The van der Waals surface area contributed by atoms with E-state index in [4.69, 9.17) is 9.15 Å². The van der Waals surface area contributed by atoms with Gasteiger partial charge >= 0.3 is 0 Å². The highest BCUT2D eigenvalue weighted by Gasteiger charge is 2.24. The lowest BCUT2D eigenvalue weighted by atomic mass is 10.1. The van der Waals surface area contributed by atoms with Gasteiger partial charge in [-0.25, -0.2) is 0 Å². The van der Waals surface area contributed by atoms with Crippen LogP contribution in [0.15, 0.2) is 22.6 Å². The average Bonchev–Trinajstić information content (AvgIpc) is 3.32. The van der Waals surface area contributed by atoms with E-state index in [0.29, 0.717) is 17.1 Å². The van der Waals surface area contributed by atoms with Crippen molar-refractivity contribution in [1.82, 2.24) is 9.80 Å². The fourth-order valence-electron chi connectivity index (χ4n) is 3.99. The number of ether oxygens (including phenoxy) is 1. The fraction of sp³-hybridized carbons (Fsp3) is 0.550. The fourth-order valence-corrected chi connectivity index (χ4v) is 3.99. The number of carbonyl (C=O) groups excluding carboxylic acids is 1. The van der Waals surface area contributed by atoms with Crippen molar-refractivity contribution in [3.63, 3.8) is 0 Å². The summed E-state index contributed by atoms with van der Waals surface area (Å²) in [6.07, 6.45) is 6.02. The number of furan rings is 1. The molecule has 2 aliphatic rings. The second kappa shape index (κ2) is 7.08. The summed E-state index contributed by atoms with van der Waals surface area (Å²) in [5, 5.41) is 1.01. The van der Waals surface area contributed by atoms with E-state index in [1.807, 2.05) is 17.0 Å². The van der Waals surface area contributed by atoms with E-state index in [1.165, 1.54) is 24.8 Å². The Kier molecular flexibility index (Phi) is 4.66. The van der Waals surface area contributed by atoms with Crippen LogP contribution in [0.25, 0.3) is 11.0 Å². The van der Waals surface area contributed by atoms with Crippen LogP contribution in [0.1, 0.15) is 48.2 Å². The Labute approximate surface area is 148 Å². The van der Waals surface area contributed by atoms with Gasteiger partial charge in [0.15, 0.2) is 17.1 Å². The average molecular weight is 342 g/mol. The molecule has 0 unspecified atom stereocenters. The highest BCUT2D eigenvalue weighted by Crippen LogP contribution is 2.33. The van der Waals surface area contributed by atoms with Gasteiger partial charge in [-0.05, 0) is 56.5 Å². The number of likely N-dealkylation sites (tertiary alicyclic amines) is 2. The number of piperidine rings is 1. The quantitative estimate of drug-likeness (QED) is 0.851. The lowest BCUT2D eigenvalue weighted by molar-refractivity contribution is 0.0763. The van der Waals surface area contributed by atoms with E-state index >= 15 is 0 Å². The van der Waals surface area contributed by atoms with Gasteiger partial charge in [-0.2, -0.15) is 0 Å². The Balaban J connectivity index is 1.67. The Morgan fingerprint density at radius 1 is 1.08 bits per heavy atom. The van der Waals surface area contributed by atoms with E-state index in [2.05, 4.69) is 11.0 Å². The number of benzene rings is 1. The summed E-state index contributed by atoms with van der Waals surface area (Å²) in [4.78, 5) is 17.1. The highest BCUT2D eigenvalue weighted by atomic mass is 16.5. The minimum Gasteiger partial charge on any atom is -0.493 e. The molecule has 1 aromatic carbocycles. The normalized spacial score (nSPS) is 18.8. The van der Waals surface area contributed by atoms with Gasteiger partial charge in [0.1, 0.15) is 0 Å². The van der Waals surface area contributed by atoms with Crippen molar-refractivity contribution in [3.05, 3.63) is 29.5 Å². The number of rotatable bonds is 4. The van der Waals surface area contributed by atoms with Crippen molar-refractivity contribution in [2.24, 2.45) is 0 Å². The van der Waals surface area contributed by atoms with Crippen LogP contribution in [0.2, 0.25) is 0 Å². The van der Waals surface area contributed by atoms with Crippen LogP contribution in [0.4, 0.5) is 0 Å². The summed E-state index contributed by atoms with van der Waals surface area (Å²) in [5.41, 5.74) is 1.90. The first kappa shape index (κ1) is 16.5. The largest absolute Gasteiger partial charge is 0.493 e. The number of carbonyl (C=O) groups is 1. The lowest BCUT2D eigenvalue weighted by Gasteiger charge is -2.26. The van der Waals surface area contributed by atoms with Crippen LogP contribution < -0.4 is 4.74 Å². The van der Waals surface area contributed by atoms with Crippen molar-refractivity contribution in [3.8, 4) is 5.75 Å². The van der Waals surface area contributed by atoms with Gasteiger partial charge in [0, 0.05) is 25.0 Å². The smallest absolute Gasteiger partial charge is 0.289 e. The summed E-state index contributed by atoms with van der Waals surface area (Å²) in [5.74, 6) is 1.12. The summed E-state index contributed by atoms with van der Waals surface area (Å²) in [6, 6.07) is 5.97. The Bertz CT molecular complexity index is 756. The Hall–Kier alpha value is -2.01. The first-order chi connectivity index (χ1) is 12.3. The summed E-state index contributed by atoms with van der Waals surface area (Å²) >= 11 is 0. The van der Waals surface area contributed by atoms with Crippen molar-refractivity contribution in [2.45, 2.75) is 38.6 Å². The zero-order chi connectivity index (χ0) is 17.2. The molecule has 5 nitrogen and oxygen atoms in total. The van der Waals surface area contributed by atoms with Gasteiger partial charge in [-0.15, -0.1) is 0 Å². The molecular weight excluding hydrogens is 316 g/mol. The third-order valence-electron chi connectivity index (χ3n) is 5.40. The van der Waals surface area contributed by atoms with Gasteiger partial charge in [-0.1, -0.05) is 12.5 Å². The van der Waals surface area contributed by atoms with Crippen LogP contribution in [-0.4, -0.2) is 49.0 Å². The summed E-state index contributed by atoms with van der Waals surface area (Å²) in [7, 11) is 1.64. The second-order valence-electron chi connectivity index (χ2n) is 7.12. The van der Waals surface area contributed by atoms with Crippen LogP contribution in [0.5, 0.6) is 5.75 Å². The molecule has 4 rings (SSSR count). The van der Waals surface area contributed by atoms with E-state index < -0.39 is 0 Å². The van der Waals surface area contributed by atoms with E-state index in [0.717, 1.165) is 51.0 Å². The number of fused-ring (bicyclic) bond motifs is 1. The number of hydrogen-bond acceptors (Lipinski definition) is 4. The third kappa shape index (κ3) is 3.25. The van der Waals surface area contributed by atoms with Crippen molar-refractivity contribution in [1.29, 1.82) is 0 Å². The second-order valence-corrected chi connectivity index (χ2v) is 7.12. The first-order valence-corrected chi connectivity index (χ1v) is 9.37. The van der Waals surface area contributed by atoms with Crippen molar-refractivity contribution >= 4 is 16.9 Å². The monoisotopic (exact) mass is 342 g/mol. The molecular formula is C20H26N2O3. The molecule has 2 saturated heterocycles. The molecule has 0 spiro atoms. The predicted octanol–water partition coefficient (Wildman–Crippen LogP) is 3.66. The third-order valence-corrected chi connectivity index (χ3v) is 5.40. The number of nitrogens with zero attached hydrogens (tertiary/aromatic N) is 2. The molecule has 134 valence electrons. The van der Waals surface area contributed by atoms with Crippen molar-refractivity contribution in [2.75, 3.05) is 33.3 Å². The molecule has 2 aromatic rings. The maximum absolute atomic E-state index is 12.7. The molecule has 0 saturated carbocycles. The van der Waals surface area contributed by atoms with Gasteiger partial charge in [0.25, 0.3) is 5.91 Å². The minimum atomic E-state index is -0.000300. The molecule has 0 atom stereocenters. The van der Waals surface area contributed by atoms with E-state index in [-0.39, 0.29) is 5.91 Å². The highest BCUT2D eigenvalue weighted by molar-refractivity contribution is 5.98. The Morgan fingerprint density at radius 2 is 1.80 bits per heavy atom. The molecule has 0 aliphatic carbocycles. The molecule has 0 radical (unpaired) electrons. The molecule has 1 aromatic heterocycles. The maximum atomic E-state index is 12.7. The molecule has 0 N–H and O–H groups in total. The molecule has 5 heteroatoms. The molecule has 2 aliphatic heterocycles. The number of amides is 1. The molecule has 0 bridgehead atoms. The van der Waals surface area contributed by atoms with Gasteiger partial charge in [0.2, 0.25) is 0 Å². The van der Waals surface area contributed by atoms with Crippen LogP contribution in [-0.2, 0) is 6.54 Å². The van der Waals surface area contributed by atoms with Crippen LogP contribution >= 0.6 is 0 Å². The first-order valence-electron chi connectivity index (χ1n) is 9.37. The van der Waals surface area contributed by atoms with Gasteiger partial charge in [0.05, 0.1) is 7.11 Å². The number of hydrogen-bond donors (Lipinski definition) is 0. The topological polar surface area (TPSA) is 45.9 Å². The van der Waals surface area contributed by atoms with E-state index in [1.54, 1.807) is 7.11 Å². The van der Waals surface area contributed by atoms with E-state index in [9.17, 15) is 4.79 Å². The molecule has 2 fully saturated rings. The van der Waals surface area contributed by atoms with Crippen LogP contribution in [0.3, 0.4) is 0 Å². The zero-order valence-electron chi connectivity index (χ0n) is 14.9. The maximum Gasteiger partial charge on any atom is 0.289 e. The SMILES string of the molecule is COc1ccc(CN2CCCCC2)c2cc(C(=O)N3CCCC3)oc12. The van der Waals surface area contributed by atoms with Crippen molar-refractivity contribution < 1.29 is 13.9 Å². The standard InChI is InChI=1S/C20H26N2O3/c1-24-17-8-7-15(14-21-9-3-2-4-10-21)16-13-18(25-19(16)17)20(23)22-11-5-6-12-22/h7-8,13H,2-6,9-12,14H2,1H3. The minimum absolute atomic E-state index is 0.000300. The molecule has 3 heterocycles. The van der Waals surface area contributed by atoms with Crippen LogP contribution in [0, 0.1) is 0 Å². The summed E-state index contributed by atoms with van der Waals surface area (Å²) in [6.45, 7) is 4.84. The zero-order valence-corrected chi connectivity index (χ0v) is 14.9. The lowest BCUT2D eigenvalue weighted by Crippen LogP contribution is -2.29. The summed E-state index contributed by atoms with van der Waals surface area (Å²) < 4.78 is 11.4. The predicted molar refractivity (Wildman–Crippen MR) is 97.0 cm³/mol.